The topological polar surface area (TPSA) is 73.6 Å². The Morgan fingerprint density at radius 3 is 2.81 bits per heavy atom. The molecule has 26 heavy (non-hydrogen) atoms. The molecule has 0 unspecified atom stereocenters. The second-order valence-electron chi connectivity index (χ2n) is 6.01. The molecular formula is C19H19ClN2O4. The van der Waals surface area contributed by atoms with Gasteiger partial charge in [-0.15, -0.1) is 0 Å². The van der Waals surface area contributed by atoms with Crippen LogP contribution in [0.1, 0.15) is 18.2 Å². The number of pyridine rings is 1. The zero-order chi connectivity index (χ0) is 18.8. The minimum absolute atomic E-state index is 0.466. The van der Waals surface area contributed by atoms with Crippen molar-refractivity contribution in [1.82, 2.24) is 9.55 Å². The van der Waals surface area contributed by atoms with Crippen LogP contribution in [0.5, 0.6) is 11.6 Å². The highest BCUT2D eigenvalue weighted by molar-refractivity contribution is 6.31. The zero-order valence-electron chi connectivity index (χ0n) is 14.7. The van der Waals surface area contributed by atoms with Crippen molar-refractivity contribution in [2.75, 3.05) is 7.11 Å². The number of methoxy groups -OCH3 is 1. The van der Waals surface area contributed by atoms with Crippen LogP contribution in [0.3, 0.4) is 0 Å². The van der Waals surface area contributed by atoms with E-state index < -0.39 is 12.1 Å². The van der Waals surface area contributed by atoms with Crippen LogP contribution in [0.25, 0.3) is 10.9 Å². The normalized spacial score (nSPS) is 12.2. The Balaban J connectivity index is 1.94. The molecule has 0 fully saturated rings. The quantitative estimate of drug-likeness (QED) is 0.708. The molecule has 0 radical (unpaired) electrons. The van der Waals surface area contributed by atoms with E-state index in [1.54, 1.807) is 31.5 Å². The number of fused-ring (bicyclic) bond motifs is 1. The third kappa shape index (κ3) is 3.60. The van der Waals surface area contributed by atoms with Gasteiger partial charge in [-0.05, 0) is 43.7 Å². The van der Waals surface area contributed by atoms with Crippen molar-refractivity contribution in [1.29, 1.82) is 0 Å². The molecule has 2 aromatic heterocycles. The Labute approximate surface area is 155 Å². The molecule has 1 atom stereocenters. The first-order valence-electron chi connectivity index (χ1n) is 8.07. The summed E-state index contributed by atoms with van der Waals surface area (Å²) in [4.78, 5) is 15.3. The minimum atomic E-state index is -1.02. The number of rotatable bonds is 6. The summed E-state index contributed by atoms with van der Waals surface area (Å²) < 4.78 is 12.7. The van der Waals surface area contributed by atoms with Crippen LogP contribution in [0.2, 0.25) is 5.02 Å². The van der Waals surface area contributed by atoms with Gasteiger partial charge in [-0.3, -0.25) is 0 Å². The van der Waals surface area contributed by atoms with Gasteiger partial charge in [-0.1, -0.05) is 11.6 Å². The highest BCUT2D eigenvalue weighted by Gasteiger charge is 2.15. The second-order valence-corrected chi connectivity index (χ2v) is 6.42. The number of hydrogen-bond acceptors (Lipinski definition) is 4. The summed E-state index contributed by atoms with van der Waals surface area (Å²) in [6.45, 7) is 4.01. The molecular weight excluding hydrogens is 356 g/mol. The fraction of sp³-hybridized carbons (Fsp3) is 0.263. The molecule has 2 heterocycles. The molecule has 0 amide bonds. The number of benzene rings is 1. The van der Waals surface area contributed by atoms with Crippen molar-refractivity contribution in [3.63, 3.8) is 0 Å². The standard InChI is InChI=1S/C19H19ClN2O4/c1-11-6-13-8-18(25-3)21-9-17(13)22(11)10-14-7-15(4-5-16(14)20)26-12(2)19(23)24/h4-9,12H,10H2,1-3H3,(H,23,24)/t12-/m1/s1. The van der Waals surface area contributed by atoms with E-state index in [1.165, 1.54) is 6.92 Å². The Hall–Kier alpha value is -2.73. The number of halogens is 1. The first kappa shape index (κ1) is 18.1. The lowest BCUT2D eigenvalue weighted by atomic mass is 10.2. The van der Waals surface area contributed by atoms with Gasteiger partial charge in [0.1, 0.15) is 5.75 Å². The molecule has 3 rings (SSSR count). The molecule has 1 N–H and O–H groups in total. The summed E-state index contributed by atoms with van der Waals surface area (Å²) in [5, 5.41) is 10.6. The van der Waals surface area contributed by atoms with Gasteiger partial charge >= 0.3 is 5.97 Å². The van der Waals surface area contributed by atoms with Crippen molar-refractivity contribution in [3.05, 3.63) is 52.8 Å². The second kappa shape index (κ2) is 7.25. The monoisotopic (exact) mass is 374 g/mol. The van der Waals surface area contributed by atoms with Gasteiger partial charge in [0.15, 0.2) is 6.10 Å². The minimum Gasteiger partial charge on any atom is -0.481 e. The van der Waals surface area contributed by atoms with Crippen LogP contribution in [0.4, 0.5) is 0 Å². The lowest BCUT2D eigenvalue weighted by Gasteiger charge is -2.14. The van der Waals surface area contributed by atoms with Crippen LogP contribution in [0, 0.1) is 6.92 Å². The highest BCUT2D eigenvalue weighted by Crippen LogP contribution is 2.28. The van der Waals surface area contributed by atoms with E-state index in [-0.39, 0.29) is 0 Å². The van der Waals surface area contributed by atoms with Crippen molar-refractivity contribution in [3.8, 4) is 11.6 Å². The van der Waals surface area contributed by atoms with Gasteiger partial charge in [-0.2, -0.15) is 0 Å². The van der Waals surface area contributed by atoms with E-state index in [4.69, 9.17) is 26.2 Å². The Morgan fingerprint density at radius 2 is 2.12 bits per heavy atom. The van der Waals surface area contributed by atoms with Gasteiger partial charge in [0, 0.05) is 28.7 Å². The van der Waals surface area contributed by atoms with Gasteiger partial charge in [-0.25, -0.2) is 9.78 Å². The average molecular weight is 375 g/mol. The Kier molecular flexibility index (Phi) is 5.04. The summed E-state index contributed by atoms with van der Waals surface area (Å²) in [7, 11) is 1.58. The third-order valence-corrected chi connectivity index (χ3v) is 4.55. The number of aliphatic carboxylic acids is 1. The molecule has 0 spiro atoms. The average Bonchev–Trinajstić information content (AvgIpc) is 2.92. The van der Waals surface area contributed by atoms with Crippen LogP contribution in [0.15, 0.2) is 36.5 Å². The molecule has 0 aliphatic rings. The molecule has 6 nitrogen and oxygen atoms in total. The van der Waals surface area contributed by atoms with Crippen molar-refractivity contribution in [2.45, 2.75) is 26.5 Å². The number of carboxylic acid groups (broad SMARTS) is 1. The molecule has 0 aliphatic carbocycles. The summed E-state index contributed by atoms with van der Waals surface area (Å²) >= 11 is 6.34. The molecule has 0 bridgehead atoms. The van der Waals surface area contributed by atoms with E-state index in [0.717, 1.165) is 22.2 Å². The van der Waals surface area contributed by atoms with Crippen molar-refractivity contribution >= 4 is 28.5 Å². The number of aromatic nitrogens is 2. The maximum absolute atomic E-state index is 11.0. The fourth-order valence-electron chi connectivity index (χ4n) is 2.77. The van der Waals surface area contributed by atoms with Crippen LogP contribution in [-0.2, 0) is 11.3 Å². The van der Waals surface area contributed by atoms with E-state index in [9.17, 15) is 4.79 Å². The fourth-order valence-corrected chi connectivity index (χ4v) is 2.95. The van der Waals surface area contributed by atoms with Crippen LogP contribution in [-0.4, -0.2) is 33.8 Å². The number of ether oxygens (including phenoxy) is 2. The number of aryl methyl sites for hydroxylation is 1. The number of carbonyl (C=O) groups is 1. The molecule has 0 saturated heterocycles. The predicted molar refractivity (Wildman–Crippen MR) is 99.3 cm³/mol. The Bertz CT molecular complexity index is 968. The first-order chi connectivity index (χ1) is 12.4. The van der Waals surface area contributed by atoms with Crippen molar-refractivity contribution in [2.24, 2.45) is 0 Å². The first-order valence-corrected chi connectivity index (χ1v) is 8.44. The summed E-state index contributed by atoms with van der Waals surface area (Å²) in [5.41, 5.74) is 2.85. The van der Waals surface area contributed by atoms with E-state index in [0.29, 0.717) is 23.2 Å². The van der Waals surface area contributed by atoms with E-state index in [1.807, 2.05) is 13.0 Å². The zero-order valence-corrected chi connectivity index (χ0v) is 15.4. The number of carboxylic acids is 1. The molecule has 136 valence electrons. The number of hydrogen-bond donors (Lipinski definition) is 1. The maximum atomic E-state index is 11.0. The van der Waals surface area contributed by atoms with Crippen LogP contribution >= 0.6 is 11.6 Å². The van der Waals surface area contributed by atoms with Gasteiger partial charge in [0.25, 0.3) is 0 Å². The lowest BCUT2D eigenvalue weighted by molar-refractivity contribution is -0.144. The van der Waals surface area contributed by atoms with E-state index in [2.05, 4.69) is 15.6 Å². The van der Waals surface area contributed by atoms with E-state index >= 15 is 0 Å². The molecule has 7 heteroatoms. The summed E-state index contributed by atoms with van der Waals surface area (Å²) in [5.74, 6) is 0.00715. The molecule has 0 aliphatic heterocycles. The summed E-state index contributed by atoms with van der Waals surface area (Å²) in [6.07, 6.45) is 0.830. The molecule has 0 saturated carbocycles. The Morgan fingerprint density at radius 1 is 1.35 bits per heavy atom. The van der Waals surface area contributed by atoms with Gasteiger partial charge < -0.3 is 19.1 Å². The molecule has 3 aromatic rings. The lowest BCUT2D eigenvalue weighted by Crippen LogP contribution is -2.22. The van der Waals surface area contributed by atoms with Crippen LogP contribution < -0.4 is 9.47 Å². The summed E-state index contributed by atoms with van der Waals surface area (Å²) in [6, 6.07) is 9.08. The smallest absolute Gasteiger partial charge is 0.344 e. The number of nitrogens with zero attached hydrogens (tertiary/aromatic N) is 2. The predicted octanol–water partition coefficient (Wildman–Crippen LogP) is 3.91. The SMILES string of the molecule is COc1cc2cc(C)n(Cc3cc(O[C@H](C)C(=O)O)ccc3Cl)c2cn1. The maximum Gasteiger partial charge on any atom is 0.344 e. The third-order valence-electron chi connectivity index (χ3n) is 4.19. The van der Waals surface area contributed by atoms with Gasteiger partial charge in [0.2, 0.25) is 5.88 Å². The molecule has 1 aromatic carbocycles. The highest BCUT2D eigenvalue weighted by atomic mass is 35.5. The largest absolute Gasteiger partial charge is 0.481 e. The van der Waals surface area contributed by atoms with Gasteiger partial charge in [0.05, 0.1) is 18.8 Å². The van der Waals surface area contributed by atoms with Crippen molar-refractivity contribution < 1.29 is 19.4 Å².